The molecule has 25 heavy (non-hydrogen) atoms. The van der Waals surface area contributed by atoms with Gasteiger partial charge in [0, 0.05) is 18.8 Å². The first-order valence-electron chi connectivity index (χ1n) is 9.01. The summed E-state index contributed by atoms with van der Waals surface area (Å²) in [6, 6.07) is 8.03. The molecule has 0 bridgehead atoms. The van der Waals surface area contributed by atoms with E-state index in [0.29, 0.717) is 32.1 Å². The van der Waals surface area contributed by atoms with Crippen LogP contribution >= 0.6 is 11.8 Å². The lowest BCUT2D eigenvalue weighted by molar-refractivity contribution is -0.132. The van der Waals surface area contributed by atoms with Crippen molar-refractivity contribution in [2.45, 2.75) is 32.6 Å². The van der Waals surface area contributed by atoms with Crippen LogP contribution in [0.3, 0.4) is 0 Å². The fourth-order valence-electron chi connectivity index (χ4n) is 2.67. The molecule has 0 atom stereocenters. The van der Waals surface area contributed by atoms with Crippen LogP contribution in [0, 0.1) is 0 Å². The van der Waals surface area contributed by atoms with E-state index in [0.717, 1.165) is 12.1 Å². The Morgan fingerprint density at radius 1 is 1.12 bits per heavy atom. The summed E-state index contributed by atoms with van der Waals surface area (Å²) in [7, 11) is 0. The van der Waals surface area contributed by atoms with Crippen LogP contribution in [0.4, 0.5) is 5.69 Å². The quantitative estimate of drug-likeness (QED) is 0.685. The van der Waals surface area contributed by atoms with E-state index < -0.39 is 0 Å². The Morgan fingerprint density at radius 2 is 1.84 bits per heavy atom. The number of nitrogens with zero attached hydrogens (tertiary/aromatic N) is 1. The number of unbranched alkanes of at least 4 members (excludes halogenated alkanes) is 2. The molecule has 1 saturated heterocycles. The average molecular weight is 365 g/mol. The summed E-state index contributed by atoms with van der Waals surface area (Å²) in [6.45, 7) is 4.70. The number of hydrogen-bond acceptors (Lipinski definition) is 4. The molecule has 138 valence electrons. The zero-order valence-electron chi connectivity index (χ0n) is 15.0. The molecule has 1 aromatic carbocycles. The van der Waals surface area contributed by atoms with Crippen LogP contribution < -0.4 is 5.32 Å². The van der Waals surface area contributed by atoms with Gasteiger partial charge in [0.15, 0.2) is 0 Å². The molecule has 5 nitrogen and oxygen atoms in total. The van der Waals surface area contributed by atoms with Crippen molar-refractivity contribution in [3.63, 3.8) is 0 Å². The fraction of sp³-hybridized carbons (Fsp3) is 0.579. The summed E-state index contributed by atoms with van der Waals surface area (Å²) >= 11 is 1.36. The predicted octanol–water partition coefficient (Wildman–Crippen LogP) is 2.95. The number of carbonyl (C=O) groups is 2. The molecule has 2 rings (SSSR count). The maximum Gasteiger partial charge on any atom is 0.234 e. The number of benzene rings is 1. The van der Waals surface area contributed by atoms with Crippen molar-refractivity contribution in [3.8, 4) is 0 Å². The van der Waals surface area contributed by atoms with Crippen LogP contribution in [0.2, 0.25) is 0 Å². The summed E-state index contributed by atoms with van der Waals surface area (Å²) in [5.41, 5.74) is 2.11. The van der Waals surface area contributed by atoms with Gasteiger partial charge >= 0.3 is 0 Å². The molecule has 0 aliphatic carbocycles. The minimum atomic E-state index is -0.0708. The Morgan fingerprint density at radius 3 is 2.52 bits per heavy atom. The van der Waals surface area contributed by atoms with Gasteiger partial charge in [0.2, 0.25) is 11.8 Å². The Balaban J connectivity index is 1.65. The third-order valence-corrected chi connectivity index (χ3v) is 5.05. The molecular formula is C19H28N2O3S. The molecule has 1 N–H and O–H groups in total. The van der Waals surface area contributed by atoms with Gasteiger partial charge in [-0.25, -0.2) is 0 Å². The fourth-order valence-corrected chi connectivity index (χ4v) is 3.38. The number of hydrogen-bond donors (Lipinski definition) is 1. The largest absolute Gasteiger partial charge is 0.378 e. The maximum absolute atomic E-state index is 12.0. The third-order valence-electron chi connectivity index (χ3n) is 4.13. The molecular weight excluding hydrogens is 336 g/mol. The van der Waals surface area contributed by atoms with Crippen LogP contribution in [0.25, 0.3) is 0 Å². The van der Waals surface area contributed by atoms with Crippen molar-refractivity contribution in [1.29, 1.82) is 0 Å². The second-order valence-corrected chi connectivity index (χ2v) is 7.17. The average Bonchev–Trinajstić information content (AvgIpc) is 2.64. The smallest absolute Gasteiger partial charge is 0.234 e. The van der Waals surface area contributed by atoms with Crippen molar-refractivity contribution in [3.05, 3.63) is 29.8 Å². The minimum absolute atomic E-state index is 0.0708. The molecule has 1 fully saturated rings. The molecule has 0 unspecified atom stereocenters. The van der Waals surface area contributed by atoms with Gasteiger partial charge in [-0.2, -0.15) is 0 Å². The first-order chi connectivity index (χ1) is 12.2. The summed E-state index contributed by atoms with van der Waals surface area (Å²) in [4.78, 5) is 25.8. The van der Waals surface area contributed by atoms with Crippen LogP contribution in [-0.2, 0) is 20.7 Å². The topological polar surface area (TPSA) is 58.6 Å². The van der Waals surface area contributed by atoms with Crippen molar-refractivity contribution >= 4 is 29.3 Å². The van der Waals surface area contributed by atoms with E-state index >= 15 is 0 Å². The Bertz CT molecular complexity index is 542. The van der Waals surface area contributed by atoms with E-state index in [-0.39, 0.29) is 17.6 Å². The van der Waals surface area contributed by atoms with Gasteiger partial charge < -0.3 is 15.0 Å². The number of amides is 2. The third kappa shape index (κ3) is 7.48. The molecule has 0 spiro atoms. The molecule has 0 saturated carbocycles. The second-order valence-electron chi connectivity index (χ2n) is 6.19. The van der Waals surface area contributed by atoms with Gasteiger partial charge in [-0.1, -0.05) is 31.9 Å². The van der Waals surface area contributed by atoms with E-state index in [1.54, 1.807) is 4.90 Å². The number of nitrogens with one attached hydrogen (secondary N) is 1. The number of thioether (sulfide) groups is 1. The standard InChI is InChI=1S/C19H28N2O3S/c1-2-3-4-5-16-6-8-17(9-7-16)20-18(22)14-25-15-19(23)21-10-12-24-13-11-21/h6-9H,2-5,10-15H2,1H3,(H,20,22). The minimum Gasteiger partial charge on any atom is -0.378 e. The number of anilines is 1. The Kier molecular flexibility index (Phi) is 8.83. The SMILES string of the molecule is CCCCCc1ccc(NC(=O)CSCC(=O)N2CCOCC2)cc1. The highest BCUT2D eigenvalue weighted by Crippen LogP contribution is 2.13. The number of carbonyl (C=O) groups excluding carboxylic acids is 2. The molecule has 1 aliphatic heterocycles. The highest BCUT2D eigenvalue weighted by molar-refractivity contribution is 8.00. The van der Waals surface area contributed by atoms with E-state index in [4.69, 9.17) is 4.74 Å². The van der Waals surface area contributed by atoms with Crippen LogP contribution in [-0.4, -0.2) is 54.5 Å². The molecule has 0 radical (unpaired) electrons. The van der Waals surface area contributed by atoms with Gasteiger partial charge in [0.1, 0.15) is 0 Å². The van der Waals surface area contributed by atoms with Crippen LogP contribution in [0.1, 0.15) is 31.7 Å². The van der Waals surface area contributed by atoms with Gasteiger partial charge in [-0.15, -0.1) is 11.8 Å². The summed E-state index contributed by atoms with van der Waals surface area (Å²) < 4.78 is 5.23. The zero-order valence-corrected chi connectivity index (χ0v) is 15.8. The van der Waals surface area contributed by atoms with E-state index in [9.17, 15) is 9.59 Å². The van der Waals surface area contributed by atoms with Crippen LogP contribution in [0.15, 0.2) is 24.3 Å². The first kappa shape index (κ1) is 19.8. The molecule has 6 heteroatoms. The molecule has 1 aliphatic rings. The number of rotatable bonds is 9. The maximum atomic E-state index is 12.0. The Labute approximate surface area is 154 Å². The normalized spacial score (nSPS) is 14.4. The van der Waals surface area contributed by atoms with E-state index in [1.165, 1.54) is 36.6 Å². The summed E-state index contributed by atoms with van der Waals surface area (Å²) in [5.74, 6) is 0.633. The highest BCUT2D eigenvalue weighted by Gasteiger charge is 2.16. The molecule has 1 aromatic rings. The Hall–Kier alpha value is -1.53. The molecule has 0 aromatic heterocycles. The van der Waals surface area contributed by atoms with Crippen molar-refractivity contribution in [2.75, 3.05) is 43.1 Å². The zero-order chi connectivity index (χ0) is 17.9. The second kappa shape index (κ2) is 11.2. The monoisotopic (exact) mass is 364 g/mol. The highest BCUT2D eigenvalue weighted by atomic mass is 32.2. The van der Waals surface area contributed by atoms with Gasteiger partial charge in [0.25, 0.3) is 0 Å². The summed E-state index contributed by atoms with van der Waals surface area (Å²) in [5, 5.41) is 2.89. The first-order valence-corrected chi connectivity index (χ1v) is 10.2. The molecule has 1 heterocycles. The number of morpholine rings is 1. The lowest BCUT2D eigenvalue weighted by atomic mass is 10.1. The van der Waals surface area contributed by atoms with E-state index in [2.05, 4.69) is 24.4 Å². The number of aryl methyl sites for hydroxylation is 1. The van der Waals surface area contributed by atoms with Gasteiger partial charge in [-0.05, 0) is 30.5 Å². The molecule has 2 amide bonds. The van der Waals surface area contributed by atoms with E-state index in [1.807, 2.05) is 12.1 Å². The van der Waals surface area contributed by atoms with Crippen molar-refractivity contribution in [1.82, 2.24) is 4.90 Å². The van der Waals surface area contributed by atoms with Gasteiger partial charge in [0.05, 0.1) is 24.7 Å². The summed E-state index contributed by atoms with van der Waals surface area (Å²) in [6.07, 6.45) is 4.76. The van der Waals surface area contributed by atoms with Crippen molar-refractivity contribution < 1.29 is 14.3 Å². The lowest BCUT2D eigenvalue weighted by Crippen LogP contribution is -2.41. The lowest BCUT2D eigenvalue weighted by Gasteiger charge is -2.26. The van der Waals surface area contributed by atoms with Crippen molar-refractivity contribution in [2.24, 2.45) is 0 Å². The predicted molar refractivity (Wildman–Crippen MR) is 103 cm³/mol. The van der Waals surface area contributed by atoms with Gasteiger partial charge in [-0.3, -0.25) is 9.59 Å². The van der Waals surface area contributed by atoms with Crippen LogP contribution in [0.5, 0.6) is 0 Å². The number of ether oxygens (including phenoxy) is 1.